The molecule has 94 valence electrons. The quantitative estimate of drug-likeness (QED) is 0.755. The van der Waals surface area contributed by atoms with E-state index in [1.54, 1.807) is 6.20 Å². The predicted molar refractivity (Wildman–Crippen MR) is 61.5 cm³/mol. The molecule has 3 rings (SSSR count). The van der Waals surface area contributed by atoms with Crippen LogP contribution >= 0.6 is 0 Å². The Morgan fingerprint density at radius 3 is 2.89 bits per heavy atom. The number of imidazole rings is 1. The van der Waals surface area contributed by atoms with E-state index in [0.717, 1.165) is 5.56 Å². The molecule has 1 aliphatic heterocycles. The summed E-state index contributed by atoms with van der Waals surface area (Å²) < 4.78 is 25.8. The van der Waals surface area contributed by atoms with Gasteiger partial charge in [-0.05, 0) is 0 Å². The van der Waals surface area contributed by atoms with Gasteiger partial charge in [0.25, 0.3) is 10.0 Å². The molecule has 2 aromatic heterocycles. The van der Waals surface area contributed by atoms with Gasteiger partial charge in [0.05, 0.1) is 24.8 Å². The fraction of sp³-hybridized carbons (Fsp3) is 0.222. The van der Waals surface area contributed by atoms with Crippen LogP contribution in [0.3, 0.4) is 0 Å². The number of nitrogens with two attached hydrogens (primary N) is 1. The average Bonchev–Trinajstić information content (AvgIpc) is 2.97. The van der Waals surface area contributed by atoms with Crippen LogP contribution in [0.5, 0.6) is 0 Å². The second-order valence-electron chi connectivity index (χ2n) is 3.89. The number of nitrogen functional groups attached to an aromatic ring is 1. The second kappa shape index (κ2) is 3.75. The van der Waals surface area contributed by atoms with E-state index in [4.69, 9.17) is 5.73 Å². The summed E-state index contributed by atoms with van der Waals surface area (Å²) in [5.41, 5.74) is 6.89. The number of sulfonamides is 1. The van der Waals surface area contributed by atoms with Crippen LogP contribution in [-0.2, 0) is 23.1 Å². The van der Waals surface area contributed by atoms with E-state index in [2.05, 4.69) is 19.9 Å². The number of nitrogens with one attached hydrogen (secondary N) is 1. The van der Waals surface area contributed by atoms with Gasteiger partial charge in [-0.25, -0.2) is 23.4 Å². The molecular formula is C9H10N6O2S. The van der Waals surface area contributed by atoms with Crippen LogP contribution < -0.4 is 5.73 Å². The predicted octanol–water partition coefficient (Wildman–Crippen LogP) is -0.514. The van der Waals surface area contributed by atoms with Gasteiger partial charge in [-0.15, -0.1) is 0 Å². The molecule has 1 aliphatic rings. The van der Waals surface area contributed by atoms with Crippen molar-refractivity contribution in [2.45, 2.75) is 18.1 Å². The summed E-state index contributed by atoms with van der Waals surface area (Å²) in [7, 11) is -3.57. The molecule has 0 saturated carbocycles. The second-order valence-corrected chi connectivity index (χ2v) is 5.80. The molecule has 2 aromatic rings. The van der Waals surface area contributed by atoms with Crippen molar-refractivity contribution in [1.82, 2.24) is 24.2 Å². The fourth-order valence-corrected chi connectivity index (χ4v) is 3.11. The van der Waals surface area contributed by atoms with Crippen molar-refractivity contribution in [3.8, 4) is 0 Å². The van der Waals surface area contributed by atoms with Gasteiger partial charge in [-0.2, -0.15) is 4.31 Å². The van der Waals surface area contributed by atoms with Crippen LogP contribution in [0.15, 0.2) is 23.7 Å². The molecule has 0 atom stereocenters. The molecule has 0 radical (unpaired) electrons. The Bertz CT molecular complexity index is 681. The third kappa shape index (κ3) is 1.64. The summed E-state index contributed by atoms with van der Waals surface area (Å²) >= 11 is 0. The molecule has 0 unspecified atom stereocenters. The highest BCUT2D eigenvalue weighted by Gasteiger charge is 2.32. The summed E-state index contributed by atoms with van der Waals surface area (Å²) in [4.78, 5) is 14.2. The Morgan fingerprint density at radius 1 is 1.33 bits per heavy atom. The van der Waals surface area contributed by atoms with E-state index in [9.17, 15) is 8.42 Å². The first-order valence-corrected chi connectivity index (χ1v) is 6.60. The molecule has 8 nitrogen and oxygen atoms in total. The van der Waals surface area contributed by atoms with Crippen molar-refractivity contribution >= 4 is 16.0 Å². The van der Waals surface area contributed by atoms with Crippen LogP contribution in [-0.4, -0.2) is 32.7 Å². The third-order valence-corrected chi connectivity index (χ3v) is 4.45. The lowest BCUT2D eigenvalue weighted by atomic mass is 10.3. The number of fused-ring (bicyclic) bond motifs is 1. The molecule has 18 heavy (non-hydrogen) atoms. The van der Waals surface area contributed by atoms with E-state index >= 15 is 0 Å². The van der Waals surface area contributed by atoms with E-state index in [-0.39, 0.29) is 24.1 Å². The maximum atomic E-state index is 12.2. The minimum absolute atomic E-state index is 0.0660. The van der Waals surface area contributed by atoms with Gasteiger partial charge in [0.2, 0.25) is 5.95 Å². The summed E-state index contributed by atoms with van der Waals surface area (Å²) in [6.07, 6.45) is 4.16. The highest BCUT2D eigenvalue weighted by molar-refractivity contribution is 7.89. The summed E-state index contributed by atoms with van der Waals surface area (Å²) in [5, 5.41) is 0.0660. The maximum Gasteiger partial charge on any atom is 0.260 e. The Morgan fingerprint density at radius 2 is 2.17 bits per heavy atom. The molecule has 0 spiro atoms. The monoisotopic (exact) mass is 266 g/mol. The SMILES string of the molecule is Nc1ncc2c(n1)CN(S(=O)(=O)c1cnc[nH]1)C2. The lowest BCUT2D eigenvalue weighted by Crippen LogP contribution is -2.26. The Balaban J connectivity index is 1.95. The minimum atomic E-state index is -3.57. The Hall–Kier alpha value is -2.00. The Kier molecular flexibility index (Phi) is 2.31. The fourth-order valence-electron chi connectivity index (χ4n) is 1.83. The lowest BCUT2D eigenvalue weighted by molar-refractivity contribution is 0.428. The zero-order valence-electron chi connectivity index (χ0n) is 9.24. The lowest BCUT2D eigenvalue weighted by Gasteiger charge is -2.13. The number of H-pyrrole nitrogens is 1. The van der Waals surface area contributed by atoms with Crippen LogP contribution in [0.25, 0.3) is 0 Å². The van der Waals surface area contributed by atoms with Crippen molar-refractivity contribution in [3.05, 3.63) is 30.0 Å². The number of aromatic amines is 1. The van der Waals surface area contributed by atoms with Crippen molar-refractivity contribution in [2.75, 3.05) is 5.73 Å². The van der Waals surface area contributed by atoms with Crippen molar-refractivity contribution < 1.29 is 8.42 Å². The van der Waals surface area contributed by atoms with Gasteiger partial charge >= 0.3 is 0 Å². The smallest absolute Gasteiger partial charge is 0.260 e. The molecule has 9 heteroatoms. The molecule has 0 saturated heterocycles. The van der Waals surface area contributed by atoms with Crippen molar-refractivity contribution in [3.63, 3.8) is 0 Å². The average molecular weight is 266 g/mol. The first-order chi connectivity index (χ1) is 8.57. The number of anilines is 1. The van der Waals surface area contributed by atoms with Gasteiger partial charge in [-0.1, -0.05) is 0 Å². The molecule has 0 amide bonds. The van der Waals surface area contributed by atoms with E-state index < -0.39 is 10.0 Å². The van der Waals surface area contributed by atoms with Crippen molar-refractivity contribution in [1.29, 1.82) is 0 Å². The number of rotatable bonds is 2. The normalized spacial score (nSPS) is 15.8. The van der Waals surface area contributed by atoms with E-state index in [1.807, 2.05) is 0 Å². The summed E-state index contributed by atoms with van der Waals surface area (Å²) in [5.74, 6) is 0.148. The number of aromatic nitrogens is 4. The van der Waals surface area contributed by atoms with Crippen LogP contribution in [0.2, 0.25) is 0 Å². The molecule has 0 fully saturated rings. The highest BCUT2D eigenvalue weighted by atomic mass is 32.2. The molecule has 3 heterocycles. The zero-order valence-corrected chi connectivity index (χ0v) is 10.1. The standard InChI is InChI=1S/C9H10N6O2S/c10-9-12-1-6-3-15(4-7(6)14-9)18(16,17)8-2-11-5-13-8/h1-2,5H,3-4H2,(H,11,13)(H2,10,12,14). The molecule has 0 aliphatic carbocycles. The summed E-state index contributed by atoms with van der Waals surface area (Å²) in [6, 6.07) is 0. The Labute approximate surface area is 103 Å². The third-order valence-electron chi connectivity index (χ3n) is 2.74. The van der Waals surface area contributed by atoms with E-state index in [1.165, 1.54) is 16.8 Å². The number of hydrogen-bond donors (Lipinski definition) is 2. The van der Waals surface area contributed by atoms with Crippen LogP contribution in [0.1, 0.15) is 11.3 Å². The topological polar surface area (TPSA) is 118 Å². The molecule has 0 aromatic carbocycles. The van der Waals surface area contributed by atoms with Gasteiger partial charge < -0.3 is 10.7 Å². The zero-order chi connectivity index (χ0) is 12.8. The minimum Gasteiger partial charge on any atom is -0.368 e. The maximum absolute atomic E-state index is 12.2. The van der Waals surface area contributed by atoms with Crippen molar-refractivity contribution in [2.24, 2.45) is 0 Å². The van der Waals surface area contributed by atoms with E-state index in [0.29, 0.717) is 5.69 Å². The van der Waals surface area contributed by atoms with Gasteiger partial charge in [0.15, 0.2) is 5.03 Å². The molecule has 3 N–H and O–H groups in total. The molecular weight excluding hydrogens is 256 g/mol. The van der Waals surface area contributed by atoms with Gasteiger partial charge in [0, 0.05) is 18.3 Å². The van der Waals surface area contributed by atoms with Gasteiger partial charge in [0.1, 0.15) is 0 Å². The first kappa shape index (κ1) is 11.1. The largest absolute Gasteiger partial charge is 0.368 e. The highest BCUT2D eigenvalue weighted by Crippen LogP contribution is 2.26. The number of nitrogens with zero attached hydrogens (tertiary/aromatic N) is 4. The summed E-state index contributed by atoms with van der Waals surface area (Å²) in [6.45, 7) is 0.445. The first-order valence-electron chi connectivity index (χ1n) is 5.16. The molecule has 0 bridgehead atoms. The van der Waals surface area contributed by atoms with Crippen LogP contribution in [0, 0.1) is 0 Å². The number of hydrogen-bond acceptors (Lipinski definition) is 6. The van der Waals surface area contributed by atoms with Gasteiger partial charge in [-0.3, -0.25) is 0 Å². The van der Waals surface area contributed by atoms with Crippen LogP contribution in [0.4, 0.5) is 5.95 Å².